The first-order chi connectivity index (χ1) is 7.29. The predicted molar refractivity (Wildman–Crippen MR) is 67.0 cm³/mol. The molecule has 1 N–H and O–H groups in total. The second-order valence-corrected chi connectivity index (χ2v) is 6.39. The van der Waals surface area contributed by atoms with Crippen LogP contribution >= 0.6 is 0 Å². The number of rotatable bonds is 3. The third-order valence-corrected chi connectivity index (χ3v) is 4.82. The molecule has 1 unspecified atom stereocenters. The molecule has 3 nitrogen and oxygen atoms in total. The first kappa shape index (κ1) is 13.2. The van der Waals surface area contributed by atoms with Crippen molar-refractivity contribution in [2.75, 3.05) is 7.05 Å². The number of hydrogen-bond donors (Lipinski definition) is 1. The van der Waals surface area contributed by atoms with Gasteiger partial charge >= 0.3 is 0 Å². The van der Waals surface area contributed by atoms with Gasteiger partial charge in [0.2, 0.25) is 10.0 Å². The summed E-state index contributed by atoms with van der Waals surface area (Å²) in [4.78, 5) is 0. The lowest BCUT2D eigenvalue weighted by Gasteiger charge is -2.16. The van der Waals surface area contributed by atoms with Gasteiger partial charge in [0.15, 0.2) is 0 Å². The summed E-state index contributed by atoms with van der Waals surface area (Å²) in [5.74, 6) is 0. The Labute approximate surface area is 97.9 Å². The van der Waals surface area contributed by atoms with E-state index < -0.39 is 15.3 Å². The molecule has 1 atom stereocenters. The van der Waals surface area contributed by atoms with Gasteiger partial charge in [-0.25, -0.2) is 13.1 Å². The molecule has 0 spiro atoms. The minimum atomic E-state index is -3.25. The minimum Gasteiger partial charge on any atom is -0.218 e. The van der Waals surface area contributed by atoms with E-state index >= 15 is 0 Å². The summed E-state index contributed by atoms with van der Waals surface area (Å²) in [5.41, 5.74) is 4.21. The number of sulfonamides is 1. The molecule has 0 bridgehead atoms. The van der Waals surface area contributed by atoms with E-state index in [0.717, 1.165) is 16.7 Å². The molecule has 4 heteroatoms. The van der Waals surface area contributed by atoms with E-state index in [1.807, 2.05) is 32.9 Å². The van der Waals surface area contributed by atoms with Crippen molar-refractivity contribution in [3.63, 3.8) is 0 Å². The van der Waals surface area contributed by atoms with E-state index in [4.69, 9.17) is 0 Å². The van der Waals surface area contributed by atoms with E-state index in [0.29, 0.717) is 0 Å². The summed E-state index contributed by atoms with van der Waals surface area (Å²) in [6, 6.07) is 4.00. The molecule has 1 aromatic carbocycles. The van der Waals surface area contributed by atoms with Crippen LogP contribution in [0.25, 0.3) is 0 Å². The Balaban J connectivity index is 3.30. The molecule has 0 radical (unpaired) electrons. The Hall–Kier alpha value is -0.870. The zero-order valence-electron chi connectivity index (χ0n) is 10.5. The minimum absolute atomic E-state index is 0.517. The van der Waals surface area contributed by atoms with Crippen molar-refractivity contribution in [1.29, 1.82) is 0 Å². The first-order valence-corrected chi connectivity index (χ1v) is 6.84. The maximum Gasteiger partial charge on any atom is 0.218 e. The van der Waals surface area contributed by atoms with Crippen LogP contribution in [0.3, 0.4) is 0 Å². The highest BCUT2D eigenvalue weighted by atomic mass is 32.2. The van der Waals surface area contributed by atoms with Gasteiger partial charge in [0, 0.05) is 0 Å². The lowest BCUT2D eigenvalue weighted by molar-refractivity contribution is 0.577. The fourth-order valence-electron chi connectivity index (χ4n) is 1.76. The molecule has 0 aromatic heterocycles. The largest absolute Gasteiger partial charge is 0.218 e. The van der Waals surface area contributed by atoms with Crippen molar-refractivity contribution in [2.24, 2.45) is 0 Å². The topological polar surface area (TPSA) is 46.2 Å². The Morgan fingerprint density at radius 1 is 1.06 bits per heavy atom. The lowest BCUT2D eigenvalue weighted by Crippen LogP contribution is -2.24. The molecule has 0 aliphatic carbocycles. The molecular weight excluding hydrogens is 222 g/mol. The quantitative estimate of drug-likeness (QED) is 0.882. The molecule has 0 aliphatic rings. The van der Waals surface area contributed by atoms with Crippen LogP contribution in [0.2, 0.25) is 0 Å². The molecule has 0 saturated heterocycles. The van der Waals surface area contributed by atoms with Gasteiger partial charge in [-0.05, 0) is 57.0 Å². The molecule has 1 aromatic rings. The van der Waals surface area contributed by atoms with E-state index in [-0.39, 0.29) is 0 Å². The Kier molecular flexibility index (Phi) is 3.76. The van der Waals surface area contributed by atoms with E-state index in [1.165, 1.54) is 12.6 Å². The van der Waals surface area contributed by atoms with Crippen molar-refractivity contribution >= 4 is 10.0 Å². The van der Waals surface area contributed by atoms with Gasteiger partial charge in [0.05, 0.1) is 5.25 Å². The normalized spacial score (nSPS) is 13.8. The Morgan fingerprint density at radius 2 is 1.56 bits per heavy atom. The third kappa shape index (κ3) is 2.44. The highest BCUT2D eigenvalue weighted by molar-refractivity contribution is 7.89. The molecule has 0 heterocycles. The summed E-state index contributed by atoms with van der Waals surface area (Å²) in [6.07, 6.45) is 0. The van der Waals surface area contributed by atoms with Gasteiger partial charge in [-0.3, -0.25) is 0 Å². The highest BCUT2D eigenvalue weighted by Gasteiger charge is 2.22. The predicted octanol–water partition coefficient (Wildman–Crippen LogP) is 2.22. The Bertz CT molecular complexity index is 492. The van der Waals surface area contributed by atoms with Crippen LogP contribution in [0.1, 0.15) is 34.4 Å². The van der Waals surface area contributed by atoms with E-state index in [1.54, 1.807) is 6.92 Å². The summed E-state index contributed by atoms with van der Waals surface area (Å²) >= 11 is 0. The number of nitrogens with one attached hydrogen (secondary N) is 1. The van der Waals surface area contributed by atoms with Crippen molar-refractivity contribution in [2.45, 2.75) is 32.9 Å². The maximum atomic E-state index is 11.7. The fourth-order valence-corrected chi connectivity index (χ4v) is 2.71. The molecule has 90 valence electrons. The Morgan fingerprint density at radius 3 is 2.06 bits per heavy atom. The standard InChI is InChI=1S/C12H19NO2S/c1-8-6-10(3)12(7-9(8)2)11(4)16(14,15)13-5/h6-7,11,13H,1-5H3. The summed E-state index contributed by atoms with van der Waals surface area (Å²) in [6.45, 7) is 7.69. The second-order valence-electron chi connectivity index (χ2n) is 4.18. The van der Waals surface area contributed by atoms with Crippen LogP contribution in [0, 0.1) is 20.8 Å². The van der Waals surface area contributed by atoms with Gasteiger partial charge in [0.1, 0.15) is 0 Å². The second kappa shape index (κ2) is 4.55. The monoisotopic (exact) mass is 241 g/mol. The van der Waals surface area contributed by atoms with Crippen molar-refractivity contribution in [3.05, 3.63) is 34.4 Å². The van der Waals surface area contributed by atoms with Crippen molar-refractivity contribution in [3.8, 4) is 0 Å². The number of benzene rings is 1. The lowest BCUT2D eigenvalue weighted by atomic mass is 9.99. The zero-order chi connectivity index (χ0) is 12.5. The SMILES string of the molecule is CNS(=O)(=O)C(C)c1cc(C)c(C)cc1C. The van der Waals surface area contributed by atoms with Gasteiger partial charge in [0.25, 0.3) is 0 Å². The summed E-state index contributed by atoms with van der Waals surface area (Å²) in [5, 5.41) is -0.517. The number of hydrogen-bond acceptors (Lipinski definition) is 2. The van der Waals surface area contributed by atoms with Gasteiger partial charge < -0.3 is 0 Å². The van der Waals surface area contributed by atoms with Gasteiger partial charge in [-0.2, -0.15) is 0 Å². The molecule has 0 fully saturated rings. The highest BCUT2D eigenvalue weighted by Crippen LogP contribution is 2.26. The molecule has 0 aliphatic heterocycles. The fraction of sp³-hybridized carbons (Fsp3) is 0.500. The van der Waals surface area contributed by atoms with Crippen LogP contribution in [0.5, 0.6) is 0 Å². The van der Waals surface area contributed by atoms with Gasteiger partial charge in [-0.1, -0.05) is 12.1 Å². The summed E-state index contributed by atoms with van der Waals surface area (Å²) in [7, 11) is -1.81. The van der Waals surface area contributed by atoms with Crippen LogP contribution in [0.4, 0.5) is 0 Å². The maximum absolute atomic E-state index is 11.7. The van der Waals surface area contributed by atoms with Crippen molar-refractivity contribution in [1.82, 2.24) is 4.72 Å². The molecule has 16 heavy (non-hydrogen) atoms. The zero-order valence-corrected chi connectivity index (χ0v) is 11.3. The van der Waals surface area contributed by atoms with Crippen LogP contribution in [-0.2, 0) is 10.0 Å². The summed E-state index contributed by atoms with van der Waals surface area (Å²) < 4.78 is 25.8. The third-order valence-electron chi connectivity index (χ3n) is 3.07. The van der Waals surface area contributed by atoms with Crippen LogP contribution in [0.15, 0.2) is 12.1 Å². The molecule has 1 rings (SSSR count). The van der Waals surface area contributed by atoms with Crippen molar-refractivity contribution < 1.29 is 8.42 Å². The average molecular weight is 241 g/mol. The van der Waals surface area contributed by atoms with E-state index in [2.05, 4.69) is 4.72 Å². The van der Waals surface area contributed by atoms with E-state index in [9.17, 15) is 8.42 Å². The van der Waals surface area contributed by atoms with Crippen LogP contribution < -0.4 is 4.72 Å². The average Bonchev–Trinajstić information content (AvgIpc) is 2.22. The molecular formula is C12H19NO2S. The first-order valence-electron chi connectivity index (χ1n) is 5.29. The molecule has 0 amide bonds. The van der Waals surface area contributed by atoms with Crippen LogP contribution in [-0.4, -0.2) is 15.5 Å². The smallest absolute Gasteiger partial charge is 0.218 e. The van der Waals surface area contributed by atoms with Gasteiger partial charge in [-0.15, -0.1) is 0 Å². The number of aryl methyl sites for hydroxylation is 3. The molecule has 0 saturated carbocycles.